The highest BCUT2D eigenvalue weighted by Gasteiger charge is 2.18. The van der Waals surface area contributed by atoms with E-state index < -0.39 is 11.6 Å². The predicted octanol–water partition coefficient (Wildman–Crippen LogP) is 4.24. The van der Waals surface area contributed by atoms with E-state index in [2.05, 4.69) is 26.2 Å². The van der Waals surface area contributed by atoms with E-state index in [-0.39, 0.29) is 22.5 Å². The Hall–Kier alpha value is -1.33. The van der Waals surface area contributed by atoms with E-state index in [1.165, 1.54) is 12.1 Å². The summed E-state index contributed by atoms with van der Waals surface area (Å²) in [5, 5.41) is 3.12. The number of hydrogen-bond donors (Lipinski definition) is 1. The Kier molecular flexibility index (Phi) is 5.06. The van der Waals surface area contributed by atoms with Gasteiger partial charge < -0.3 is 5.32 Å². The van der Waals surface area contributed by atoms with Crippen molar-refractivity contribution in [1.29, 1.82) is 0 Å². The highest BCUT2D eigenvalue weighted by molar-refractivity contribution is 9.10. The van der Waals surface area contributed by atoms with Gasteiger partial charge in [0.25, 0.3) is 0 Å². The summed E-state index contributed by atoms with van der Waals surface area (Å²) < 4.78 is 28.3. The molecule has 1 heterocycles. The van der Waals surface area contributed by atoms with Crippen molar-refractivity contribution in [3.63, 3.8) is 0 Å². The maximum absolute atomic E-state index is 14.1. The Bertz CT molecular complexity index is 639. The van der Waals surface area contributed by atoms with Gasteiger partial charge >= 0.3 is 0 Å². The molecule has 2 aromatic rings. The first kappa shape index (κ1) is 16.0. The lowest BCUT2D eigenvalue weighted by atomic mass is 9.98. The fraction of sp³-hybridized carbons (Fsp3) is 0.312. The van der Waals surface area contributed by atoms with Gasteiger partial charge in [-0.2, -0.15) is 0 Å². The zero-order valence-corrected chi connectivity index (χ0v) is 13.8. The predicted molar refractivity (Wildman–Crippen MR) is 83.3 cm³/mol. The number of rotatable bonds is 4. The number of nitrogens with one attached hydrogen (secondary N) is 1. The molecule has 0 aliphatic heterocycles. The van der Waals surface area contributed by atoms with Gasteiger partial charge in [-0.15, -0.1) is 0 Å². The Labute approximate surface area is 131 Å². The molecule has 0 fully saturated rings. The number of nitrogens with zero attached hydrogens (tertiary/aromatic N) is 1. The number of pyridine rings is 1. The number of likely N-dealkylation sites (N-methyl/N-ethyl adjacent to an activating group) is 1. The first-order chi connectivity index (χ1) is 9.92. The Morgan fingerprint density at radius 1 is 1.19 bits per heavy atom. The first-order valence-electron chi connectivity index (χ1n) is 6.67. The molecule has 21 heavy (non-hydrogen) atoms. The Balaban J connectivity index is 2.38. The second-order valence-electron chi connectivity index (χ2n) is 5.05. The summed E-state index contributed by atoms with van der Waals surface area (Å²) in [6.07, 6.45) is 0.233. The molecule has 0 saturated carbocycles. The molecular weight excluding hydrogens is 338 g/mol. The molecular formula is C16H17BrF2N2. The van der Waals surface area contributed by atoms with E-state index in [1.54, 1.807) is 7.05 Å². The summed E-state index contributed by atoms with van der Waals surface area (Å²) in [5.41, 5.74) is 2.83. The van der Waals surface area contributed by atoms with E-state index in [0.29, 0.717) is 0 Å². The molecule has 5 heteroatoms. The summed E-state index contributed by atoms with van der Waals surface area (Å²) in [5.74, 6) is -1.07. The average molecular weight is 355 g/mol. The van der Waals surface area contributed by atoms with Gasteiger partial charge in [-0.1, -0.05) is 0 Å². The molecule has 0 amide bonds. The Morgan fingerprint density at radius 2 is 1.81 bits per heavy atom. The molecule has 1 atom stereocenters. The van der Waals surface area contributed by atoms with E-state index in [0.717, 1.165) is 17.0 Å². The molecule has 1 N–H and O–H groups in total. The van der Waals surface area contributed by atoms with Crippen molar-refractivity contribution in [2.75, 3.05) is 7.05 Å². The van der Waals surface area contributed by atoms with Crippen LogP contribution in [-0.4, -0.2) is 12.0 Å². The van der Waals surface area contributed by atoms with Crippen LogP contribution >= 0.6 is 15.9 Å². The lowest BCUT2D eigenvalue weighted by molar-refractivity contribution is 0.512. The topological polar surface area (TPSA) is 24.9 Å². The van der Waals surface area contributed by atoms with Crippen LogP contribution in [0.3, 0.4) is 0 Å². The Morgan fingerprint density at radius 3 is 2.38 bits per heavy atom. The van der Waals surface area contributed by atoms with Crippen LogP contribution in [0, 0.1) is 25.5 Å². The van der Waals surface area contributed by atoms with Crippen LogP contribution < -0.4 is 5.32 Å². The molecule has 2 nitrogen and oxygen atoms in total. The molecule has 0 aliphatic rings. The molecule has 2 rings (SSSR count). The summed E-state index contributed by atoms with van der Waals surface area (Å²) in [6, 6.07) is 6.34. The third-order valence-corrected chi connectivity index (χ3v) is 4.01. The smallest absolute Gasteiger partial charge is 0.143 e. The minimum absolute atomic E-state index is 0.0795. The number of aryl methyl sites for hydroxylation is 2. The maximum Gasteiger partial charge on any atom is 0.143 e. The first-order valence-corrected chi connectivity index (χ1v) is 7.46. The number of hydrogen-bond acceptors (Lipinski definition) is 2. The quantitative estimate of drug-likeness (QED) is 0.830. The molecule has 0 spiro atoms. The van der Waals surface area contributed by atoms with Gasteiger partial charge in [0, 0.05) is 23.0 Å². The third kappa shape index (κ3) is 3.66. The van der Waals surface area contributed by atoms with Gasteiger partial charge in [0.2, 0.25) is 0 Å². The standard InChI is InChI=1S/C16H17BrF2N2/c1-9-6-11(7-10(2)21-9)15(20-3)8-12-14(18)5-4-13(17)16(12)19/h4-7,15,20H,8H2,1-3H3. The van der Waals surface area contributed by atoms with Crippen LogP contribution in [0.4, 0.5) is 8.78 Å². The van der Waals surface area contributed by atoms with Crippen molar-refractivity contribution in [1.82, 2.24) is 10.3 Å². The van der Waals surface area contributed by atoms with Gasteiger partial charge in [-0.05, 0) is 73.1 Å². The van der Waals surface area contributed by atoms with Crippen molar-refractivity contribution in [2.45, 2.75) is 26.3 Å². The fourth-order valence-electron chi connectivity index (χ4n) is 2.41. The zero-order chi connectivity index (χ0) is 15.6. The number of aromatic nitrogens is 1. The highest BCUT2D eigenvalue weighted by Crippen LogP contribution is 2.27. The van der Waals surface area contributed by atoms with Gasteiger partial charge in [0.1, 0.15) is 11.6 Å². The second kappa shape index (κ2) is 6.62. The molecule has 0 radical (unpaired) electrons. The lowest BCUT2D eigenvalue weighted by Crippen LogP contribution is -2.20. The number of benzene rings is 1. The van der Waals surface area contributed by atoms with E-state index in [9.17, 15) is 8.78 Å². The van der Waals surface area contributed by atoms with Gasteiger partial charge in [-0.25, -0.2) is 8.78 Å². The summed E-state index contributed by atoms with van der Waals surface area (Å²) in [4.78, 5) is 4.32. The van der Waals surface area contributed by atoms with Crippen LogP contribution in [-0.2, 0) is 6.42 Å². The van der Waals surface area contributed by atoms with Crippen LogP contribution in [0.15, 0.2) is 28.7 Å². The lowest BCUT2D eigenvalue weighted by Gasteiger charge is -2.19. The molecule has 1 aromatic carbocycles. The molecule has 1 unspecified atom stereocenters. The minimum atomic E-state index is -0.544. The highest BCUT2D eigenvalue weighted by atomic mass is 79.9. The van der Waals surface area contributed by atoms with Crippen LogP contribution in [0.5, 0.6) is 0 Å². The summed E-state index contributed by atoms with van der Waals surface area (Å²) in [7, 11) is 1.78. The minimum Gasteiger partial charge on any atom is -0.313 e. The molecule has 112 valence electrons. The summed E-state index contributed by atoms with van der Waals surface area (Å²) >= 11 is 3.10. The van der Waals surface area contributed by atoms with Crippen molar-refractivity contribution in [2.24, 2.45) is 0 Å². The molecule has 0 aliphatic carbocycles. The zero-order valence-electron chi connectivity index (χ0n) is 12.2. The van der Waals surface area contributed by atoms with Crippen molar-refractivity contribution in [3.05, 3.63) is 62.9 Å². The second-order valence-corrected chi connectivity index (χ2v) is 5.90. The maximum atomic E-state index is 14.1. The van der Waals surface area contributed by atoms with E-state index in [1.807, 2.05) is 26.0 Å². The van der Waals surface area contributed by atoms with Crippen LogP contribution in [0.25, 0.3) is 0 Å². The largest absolute Gasteiger partial charge is 0.313 e. The van der Waals surface area contributed by atoms with Crippen molar-refractivity contribution >= 4 is 15.9 Å². The SMILES string of the molecule is CNC(Cc1c(F)ccc(Br)c1F)c1cc(C)nc(C)c1. The summed E-state index contributed by atoms with van der Waals surface area (Å²) in [6.45, 7) is 3.81. The third-order valence-electron chi connectivity index (χ3n) is 3.40. The monoisotopic (exact) mass is 354 g/mol. The van der Waals surface area contributed by atoms with Crippen molar-refractivity contribution in [3.8, 4) is 0 Å². The van der Waals surface area contributed by atoms with Gasteiger partial charge in [0.15, 0.2) is 0 Å². The average Bonchev–Trinajstić information content (AvgIpc) is 2.42. The molecule has 1 aromatic heterocycles. The van der Waals surface area contributed by atoms with Crippen LogP contribution in [0.2, 0.25) is 0 Å². The van der Waals surface area contributed by atoms with Gasteiger partial charge in [-0.3, -0.25) is 4.98 Å². The van der Waals surface area contributed by atoms with Crippen molar-refractivity contribution < 1.29 is 8.78 Å². The fourth-order valence-corrected chi connectivity index (χ4v) is 2.79. The van der Waals surface area contributed by atoms with E-state index in [4.69, 9.17) is 0 Å². The van der Waals surface area contributed by atoms with E-state index >= 15 is 0 Å². The normalized spacial score (nSPS) is 12.5. The van der Waals surface area contributed by atoms with Gasteiger partial charge in [0.05, 0.1) is 4.47 Å². The molecule has 0 bridgehead atoms. The number of halogens is 3. The van der Waals surface area contributed by atoms with Crippen LogP contribution in [0.1, 0.15) is 28.6 Å². The molecule has 0 saturated heterocycles.